The van der Waals surface area contributed by atoms with Gasteiger partial charge in [-0.05, 0) is 40.8 Å². The van der Waals surface area contributed by atoms with E-state index in [0.717, 1.165) is 21.8 Å². The van der Waals surface area contributed by atoms with Crippen molar-refractivity contribution in [3.05, 3.63) is 93.8 Å². The maximum Gasteiger partial charge on any atom is 0.363 e. The Kier molecular flexibility index (Phi) is 4.62. The highest BCUT2D eigenvalue weighted by Gasteiger charge is 2.24. The van der Waals surface area contributed by atoms with Crippen molar-refractivity contribution in [2.45, 2.75) is 6.61 Å². The number of esters is 1. The van der Waals surface area contributed by atoms with Crippen LogP contribution in [0.5, 0.6) is 5.75 Å². The molecule has 1 aromatic heterocycles. The molecule has 1 aliphatic rings. The Bertz CT molecular complexity index is 976. The quantitative estimate of drug-likeness (QED) is 0.490. The summed E-state index contributed by atoms with van der Waals surface area (Å²) < 4.78 is 11.1. The van der Waals surface area contributed by atoms with Crippen molar-refractivity contribution in [1.29, 1.82) is 0 Å². The van der Waals surface area contributed by atoms with Gasteiger partial charge in [0.15, 0.2) is 5.70 Å². The van der Waals surface area contributed by atoms with E-state index in [1.54, 1.807) is 6.08 Å². The van der Waals surface area contributed by atoms with Crippen molar-refractivity contribution in [2.75, 3.05) is 0 Å². The van der Waals surface area contributed by atoms with Gasteiger partial charge in [-0.2, -0.15) is 0 Å². The van der Waals surface area contributed by atoms with Crippen molar-refractivity contribution in [3.8, 4) is 5.75 Å². The number of thiophene rings is 1. The lowest BCUT2D eigenvalue weighted by Crippen LogP contribution is -2.03. The Morgan fingerprint density at radius 1 is 1.04 bits per heavy atom. The van der Waals surface area contributed by atoms with E-state index in [4.69, 9.17) is 9.47 Å². The maximum atomic E-state index is 12.0. The summed E-state index contributed by atoms with van der Waals surface area (Å²) in [6, 6.07) is 21.3. The number of cyclic esters (lactones) is 1. The predicted molar refractivity (Wildman–Crippen MR) is 102 cm³/mol. The highest BCUT2D eigenvalue weighted by Crippen LogP contribution is 2.23. The lowest BCUT2D eigenvalue weighted by Gasteiger charge is -2.07. The molecule has 0 fully saturated rings. The molecule has 4 nitrogen and oxygen atoms in total. The Hall–Kier alpha value is -3.18. The van der Waals surface area contributed by atoms with Crippen molar-refractivity contribution in [1.82, 2.24) is 0 Å². The molecule has 0 N–H and O–H groups in total. The highest BCUT2D eigenvalue weighted by molar-refractivity contribution is 7.12. The molecule has 0 atom stereocenters. The average molecular weight is 361 g/mol. The second-order valence-corrected chi connectivity index (χ2v) is 6.61. The van der Waals surface area contributed by atoms with E-state index in [0.29, 0.717) is 12.5 Å². The molecule has 0 saturated heterocycles. The zero-order valence-corrected chi connectivity index (χ0v) is 14.6. The van der Waals surface area contributed by atoms with Gasteiger partial charge in [-0.3, -0.25) is 0 Å². The summed E-state index contributed by atoms with van der Waals surface area (Å²) in [7, 11) is 0. The molecular formula is C21H15NO3S. The van der Waals surface area contributed by atoms with Crippen molar-refractivity contribution < 1.29 is 14.3 Å². The van der Waals surface area contributed by atoms with Gasteiger partial charge in [-0.15, -0.1) is 11.3 Å². The summed E-state index contributed by atoms with van der Waals surface area (Å²) in [5.74, 6) is 0.647. The lowest BCUT2D eigenvalue weighted by atomic mass is 10.2. The zero-order chi connectivity index (χ0) is 17.8. The molecule has 0 saturated carbocycles. The number of aliphatic imine (C=N–C) groups is 1. The summed E-state index contributed by atoms with van der Waals surface area (Å²) >= 11 is 1.48. The van der Waals surface area contributed by atoms with Crippen LogP contribution >= 0.6 is 11.3 Å². The van der Waals surface area contributed by atoms with Crippen molar-refractivity contribution >= 4 is 29.3 Å². The predicted octanol–water partition coefficient (Wildman–Crippen LogP) is 4.67. The van der Waals surface area contributed by atoms with E-state index in [1.165, 1.54) is 11.3 Å². The van der Waals surface area contributed by atoms with Crippen LogP contribution in [0.15, 0.2) is 82.8 Å². The third kappa shape index (κ3) is 3.73. The minimum absolute atomic E-state index is 0.286. The number of carbonyl (C=O) groups excluding carboxylic acids is 1. The molecule has 3 aromatic rings. The number of hydrogen-bond acceptors (Lipinski definition) is 5. The zero-order valence-electron chi connectivity index (χ0n) is 13.8. The number of nitrogens with zero attached hydrogens (tertiary/aromatic N) is 1. The van der Waals surface area contributed by atoms with Crippen molar-refractivity contribution in [3.63, 3.8) is 0 Å². The average Bonchev–Trinajstić information content (AvgIpc) is 3.32. The van der Waals surface area contributed by atoms with Crippen LogP contribution in [0.2, 0.25) is 0 Å². The Morgan fingerprint density at radius 3 is 2.73 bits per heavy atom. The van der Waals surface area contributed by atoms with Crippen LogP contribution in [0.3, 0.4) is 0 Å². The smallest absolute Gasteiger partial charge is 0.363 e. The van der Waals surface area contributed by atoms with Gasteiger partial charge in [-0.1, -0.05) is 48.5 Å². The maximum absolute atomic E-state index is 12.0. The third-order valence-corrected chi connectivity index (χ3v) is 4.62. The van der Waals surface area contributed by atoms with Crippen molar-refractivity contribution in [2.24, 2.45) is 4.99 Å². The molecular weight excluding hydrogens is 346 g/mol. The number of ether oxygens (including phenoxy) is 2. The summed E-state index contributed by atoms with van der Waals surface area (Å²) in [4.78, 5) is 17.2. The molecule has 0 spiro atoms. The van der Waals surface area contributed by atoms with E-state index in [1.807, 2.05) is 72.1 Å². The van der Waals surface area contributed by atoms with Gasteiger partial charge in [0.05, 0.1) is 4.88 Å². The van der Waals surface area contributed by atoms with Gasteiger partial charge in [0.1, 0.15) is 12.4 Å². The fourth-order valence-electron chi connectivity index (χ4n) is 2.51. The third-order valence-electron chi connectivity index (χ3n) is 3.76. The first-order valence-corrected chi connectivity index (χ1v) is 8.99. The molecule has 0 unspecified atom stereocenters. The van der Waals surface area contributed by atoms with E-state index >= 15 is 0 Å². The van der Waals surface area contributed by atoms with Crippen LogP contribution in [0.4, 0.5) is 0 Å². The molecule has 4 rings (SSSR count). The fourth-order valence-corrected chi connectivity index (χ4v) is 3.16. The summed E-state index contributed by atoms with van der Waals surface area (Å²) in [5, 5.41) is 1.92. The minimum atomic E-state index is -0.441. The fraction of sp³-hybridized carbons (Fsp3) is 0.0476. The topological polar surface area (TPSA) is 47.9 Å². The molecule has 0 bridgehead atoms. The van der Waals surface area contributed by atoms with Gasteiger partial charge in [0.2, 0.25) is 5.90 Å². The number of benzene rings is 2. The van der Waals surface area contributed by atoms with E-state index in [9.17, 15) is 4.79 Å². The Labute approximate surface area is 155 Å². The van der Waals surface area contributed by atoms with Gasteiger partial charge in [0.25, 0.3) is 0 Å². The molecule has 0 aliphatic carbocycles. The van der Waals surface area contributed by atoms with Crippen LogP contribution in [-0.2, 0) is 16.1 Å². The Morgan fingerprint density at radius 2 is 1.92 bits per heavy atom. The second-order valence-electron chi connectivity index (χ2n) is 5.66. The van der Waals surface area contributed by atoms with E-state index in [-0.39, 0.29) is 5.70 Å². The molecule has 2 heterocycles. The molecule has 2 aromatic carbocycles. The first-order valence-electron chi connectivity index (χ1n) is 8.11. The van der Waals surface area contributed by atoms with Gasteiger partial charge >= 0.3 is 5.97 Å². The lowest BCUT2D eigenvalue weighted by molar-refractivity contribution is -0.129. The monoisotopic (exact) mass is 361 g/mol. The van der Waals surface area contributed by atoms with E-state index in [2.05, 4.69) is 4.99 Å². The first kappa shape index (κ1) is 16.3. The van der Waals surface area contributed by atoms with Crippen LogP contribution < -0.4 is 4.74 Å². The summed E-state index contributed by atoms with van der Waals surface area (Å²) in [6.07, 6.45) is 1.71. The normalized spacial score (nSPS) is 15.0. The largest absolute Gasteiger partial charge is 0.489 e. The molecule has 26 heavy (non-hydrogen) atoms. The molecule has 0 amide bonds. The molecule has 0 radical (unpaired) electrons. The number of carbonyl (C=O) groups is 1. The Balaban J connectivity index is 1.51. The first-order chi connectivity index (χ1) is 12.8. The van der Waals surface area contributed by atoms with Crippen LogP contribution in [0.1, 0.15) is 16.0 Å². The minimum Gasteiger partial charge on any atom is -0.489 e. The molecule has 128 valence electrons. The SMILES string of the molecule is O=C1OC(c2cccs2)=N/C1=C\c1cccc(OCc2ccccc2)c1. The van der Waals surface area contributed by atoms with Gasteiger partial charge < -0.3 is 9.47 Å². The molecule has 1 aliphatic heterocycles. The second kappa shape index (κ2) is 7.37. The summed E-state index contributed by atoms with van der Waals surface area (Å²) in [5.41, 5.74) is 2.22. The van der Waals surface area contributed by atoms with Crippen LogP contribution in [0, 0.1) is 0 Å². The van der Waals surface area contributed by atoms with Crippen LogP contribution in [0.25, 0.3) is 6.08 Å². The summed E-state index contributed by atoms with van der Waals surface area (Å²) in [6.45, 7) is 0.490. The number of rotatable bonds is 5. The standard InChI is InChI=1S/C21H15NO3S/c23-21-18(22-20(25-21)19-10-5-11-26-19)13-16-8-4-9-17(12-16)24-14-15-6-2-1-3-7-15/h1-13H,14H2/b18-13-. The van der Waals surface area contributed by atoms with Gasteiger partial charge in [0, 0.05) is 0 Å². The molecule has 5 heteroatoms. The van der Waals surface area contributed by atoms with Crippen LogP contribution in [-0.4, -0.2) is 11.9 Å². The number of hydrogen-bond donors (Lipinski definition) is 0. The van der Waals surface area contributed by atoms with E-state index < -0.39 is 5.97 Å². The highest BCUT2D eigenvalue weighted by atomic mass is 32.1. The van der Waals surface area contributed by atoms with Gasteiger partial charge in [-0.25, -0.2) is 9.79 Å².